The van der Waals surface area contributed by atoms with Gasteiger partial charge in [0.1, 0.15) is 0 Å². The van der Waals surface area contributed by atoms with Crippen LogP contribution >= 0.6 is 0 Å². The topological polar surface area (TPSA) is 29.5 Å². The molecular formula is C10H18O2. The zero-order valence-electron chi connectivity index (χ0n) is 7.54. The number of aliphatic hydroxyl groups excluding tert-OH is 1. The molecule has 0 aromatic rings. The van der Waals surface area contributed by atoms with Gasteiger partial charge in [0.25, 0.3) is 0 Å². The molecule has 2 fully saturated rings. The van der Waals surface area contributed by atoms with E-state index in [1.165, 1.54) is 25.7 Å². The van der Waals surface area contributed by atoms with Crippen molar-refractivity contribution in [3.8, 4) is 0 Å². The minimum atomic E-state index is -0.177. The molecule has 2 unspecified atom stereocenters. The van der Waals surface area contributed by atoms with Gasteiger partial charge in [-0.05, 0) is 12.3 Å². The van der Waals surface area contributed by atoms with Crippen LogP contribution in [0.15, 0.2) is 0 Å². The van der Waals surface area contributed by atoms with Crippen LogP contribution in [0.2, 0.25) is 0 Å². The monoisotopic (exact) mass is 170 g/mol. The number of hydrogen-bond acceptors (Lipinski definition) is 2. The largest absolute Gasteiger partial charge is 0.390 e. The van der Waals surface area contributed by atoms with Crippen molar-refractivity contribution in [3.63, 3.8) is 0 Å². The van der Waals surface area contributed by atoms with Crippen LogP contribution in [0.1, 0.15) is 32.1 Å². The molecule has 2 atom stereocenters. The molecule has 1 N–H and O–H groups in total. The van der Waals surface area contributed by atoms with Gasteiger partial charge in [-0.25, -0.2) is 0 Å². The summed E-state index contributed by atoms with van der Waals surface area (Å²) in [5.41, 5.74) is 0. The lowest BCUT2D eigenvalue weighted by molar-refractivity contribution is 0.116. The van der Waals surface area contributed by atoms with Gasteiger partial charge >= 0.3 is 0 Å². The zero-order chi connectivity index (χ0) is 8.39. The Morgan fingerprint density at radius 3 is 2.58 bits per heavy atom. The molecule has 2 nitrogen and oxygen atoms in total. The molecule has 2 rings (SSSR count). The van der Waals surface area contributed by atoms with E-state index in [-0.39, 0.29) is 6.10 Å². The lowest BCUT2D eigenvalue weighted by Crippen LogP contribution is -2.17. The van der Waals surface area contributed by atoms with Gasteiger partial charge in [0.05, 0.1) is 19.3 Å². The van der Waals surface area contributed by atoms with E-state index < -0.39 is 0 Å². The average Bonchev–Trinajstić information content (AvgIpc) is 2.78. The van der Waals surface area contributed by atoms with Crippen molar-refractivity contribution >= 4 is 0 Å². The molecule has 2 aliphatic rings. The highest BCUT2D eigenvalue weighted by Gasteiger charge is 2.27. The van der Waals surface area contributed by atoms with E-state index >= 15 is 0 Å². The molecular weight excluding hydrogens is 152 g/mol. The Kier molecular flexibility index (Phi) is 2.66. The first kappa shape index (κ1) is 8.52. The molecule has 70 valence electrons. The molecule has 0 amide bonds. The second kappa shape index (κ2) is 3.75. The summed E-state index contributed by atoms with van der Waals surface area (Å²) in [6, 6.07) is 0. The molecule has 2 heteroatoms. The number of rotatable bonds is 4. The van der Waals surface area contributed by atoms with Crippen molar-refractivity contribution in [2.75, 3.05) is 13.2 Å². The van der Waals surface area contributed by atoms with E-state index in [1.807, 2.05) is 0 Å². The fourth-order valence-electron chi connectivity index (χ4n) is 1.94. The Bertz CT molecular complexity index is 143. The number of ether oxygens (including phenoxy) is 1. The predicted molar refractivity (Wildman–Crippen MR) is 46.9 cm³/mol. The van der Waals surface area contributed by atoms with Gasteiger partial charge in [0, 0.05) is 5.92 Å². The second-order valence-electron chi connectivity index (χ2n) is 4.24. The summed E-state index contributed by atoms with van der Waals surface area (Å²) in [6.45, 7) is 1.35. The minimum absolute atomic E-state index is 0.177. The quantitative estimate of drug-likeness (QED) is 0.694. The van der Waals surface area contributed by atoms with Crippen LogP contribution in [-0.4, -0.2) is 24.4 Å². The molecule has 1 saturated heterocycles. The van der Waals surface area contributed by atoms with Crippen molar-refractivity contribution < 1.29 is 9.84 Å². The zero-order valence-corrected chi connectivity index (χ0v) is 7.54. The van der Waals surface area contributed by atoms with E-state index in [1.54, 1.807) is 0 Å². The van der Waals surface area contributed by atoms with Gasteiger partial charge in [-0.15, -0.1) is 0 Å². The van der Waals surface area contributed by atoms with Gasteiger partial charge in [-0.2, -0.15) is 0 Å². The second-order valence-corrected chi connectivity index (χ2v) is 4.24. The minimum Gasteiger partial charge on any atom is -0.390 e. The van der Waals surface area contributed by atoms with Crippen LogP contribution in [0.4, 0.5) is 0 Å². The van der Waals surface area contributed by atoms with Crippen LogP contribution in [-0.2, 0) is 4.74 Å². The molecule has 1 saturated carbocycles. The van der Waals surface area contributed by atoms with Crippen LogP contribution in [0.25, 0.3) is 0 Å². The molecule has 12 heavy (non-hydrogen) atoms. The van der Waals surface area contributed by atoms with Crippen molar-refractivity contribution in [1.82, 2.24) is 0 Å². The summed E-state index contributed by atoms with van der Waals surface area (Å²) < 4.78 is 5.19. The van der Waals surface area contributed by atoms with Crippen molar-refractivity contribution in [2.24, 2.45) is 11.8 Å². The molecule has 0 aromatic carbocycles. The third-order valence-corrected chi connectivity index (χ3v) is 3.05. The van der Waals surface area contributed by atoms with Gasteiger partial charge in [-0.1, -0.05) is 25.7 Å². The third kappa shape index (κ3) is 2.20. The maximum atomic E-state index is 9.44. The summed E-state index contributed by atoms with van der Waals surface area (Å²) in [7, 11) is 0. The summed E-state index contributed by atoms with van der Waals surface area (Å²) >= 11 is 0. The molecule has 1 aliphatic carbocycles. The van der Waals surface area contributed by atoms with Crippen LogP contribution in [0.5, 0.6) is 0 Å². The summed E-state index contributed by atoms with van der Waals surface area (Å²) in [4.78, 5) is 0. The standard InChI is InChI=1S/C10H18O2/c11-10-7-12-6-9(10)3-1-2-8-4-5-8/h8-11H,1-7H2. The Hall–Kier alpha value is -0.0800. The summed E-state index contributed by atoms with van der Waals surface area (Å²) in [5.74, 6) is 1.47. The van der Waals surface area contributed by atoms with Crippen molar-refractivity contribution in [2.45, 2.75) is 38.2 Å². The van der Waals surface area contributed by atoms with Gasteiger partial charge in [0.2, 0.25) is 0 Å². The van der Waals surface area contributed by atoms with Crippen LogP contribution < -0.4 is 0 Å². The molecule has 0 bridgehead atoms. The SMILES string of the molecule is OC1COCC1CCCC1CC1. The van der Waals surface area contributed by atoms with Crippen molar-refractivity contribution in [1.29, 1.82) is 0 Å². The highest BCUT2D eigenvalue weighted by Crippen LogP contribution is 2.34. The number of aliphatic hydroxyl groups is 1. The van der Waals surface area contributed by atoms with E-state index in [0.717, 1.165) is 18.9 Å². The van der Waals surface area contributed by atoms with Gasteiger partial charge in [0.15, 0.2) is 0 Å². The van der Waals surface area contributed by atoms with Crippen molar-refractivity contribution in [3.05, 3.63) is 0 Å². The lowest BCUT2D eigenvalue weighted by Gasteiger charge is -2.10. The average molecular weight is 170 g/mol. The highest BCUT2D eigenvalue weighted by atomic mass is 16.5. The molecule has 0 aromatic heterocycles. The fourth-order valence-corrected chi connectivity index (χ4v) is 1.94. The van der Waals surface area contributed by atoms with Gasteiger partial charge in [-0.3, -0.25) is 0 Å². The van der Waals surface area contributed by atoms with E-state index in [4.69, 9.17) is 4.74 Å². The maximum absolute atomic E-state index is 9.44. The third-order valence-electron chi connectivity index (χ3n) is 3.05. The Morgan fingerprint density at radius 2 is 2.00 bits per heavy atom. The summed E-state index contributed by atoms with van der Waals surface area (Å²) in [5, 5.41) is 9.44. The fraction of sp³-hybridized carbons (Fsp3) is 1.00. The first-order valence-corrected chi connectivity index (χ1v) is 5.12. The number of hydrogen-bond donors (Lipinski definition) is 1. The lowest BCUT2D eigenvalue weighted by atomic mass is 9.98. The molecule has 0 radical (unpaired) electrons. The highest BCUT2D eigenvalue weighted by molar-refractivity contribution is 4.77. The first-order valence-electron chi connectivity index (χ1n) is 5.12. The summed E-state index contributed by atoms with van der Waals surface area (Å²) in [6.07, 6.45) is 6.55. The van der Waals surface area contributed by atoms with E-state index in [2.05, 4.69) is 0 Å². The molecule has 1 heterocycles. The van der Waals surface area contributed by atoms with Gasteiger partial charge < -0.3 is 9.84 Å². The Labute approximate surface area is 73.9 Å². The molecule has 0 spiro atoms. The normalized spacial score (nSPS) is 35.8. The van der Waals surface area contributed by atoms with E-state index in [0.29, 0.717) is 12.5 Å². The maximum Gasteiger partial charge on any atom is 0.0823 e. The smallest absolute Gasteiger partial charge is 0.0823 e. The van der Waals surface area contributed by atoms with Crippen LogP contribution in [0.3, 0.4) is 0 Å². The van der Waals surface area contributed by atoms with E-state index in [9.17, 15) is 5.11 Å². The van der Waals surface area contributed by atoms with Crippen LogP contribution in [0, 0.1) is 11.8 Å². The Morgan fingerprint density at radius 1 is 1.17 bits per heavy atom. The Balaban J connectivity index is 1.58. The molecule has 1 aliphatic heterocycles. The first-order chi connectivity index (χ1) is 5.86. The predicted octanol–water partition coefficient (Wildman–Crippen LogP) is 1.57.